The zero-order chi connectivity index (χ0) is 22.6. The van der Waals surface area contributed by atoms with Crippen molar-refractivity contribution in [2.24, 2.45) is 5.92 Å². The molecule has 0 amide bonds. The number of aliphatic hydroxyl groups is 2. The van der Waals surface area contributed by atoms with Gasteiger partial charge in [0.2, 0.25) is 0 Å². The average Bonchev–Trinajstić information content (AvgIpc) is 3.28. The first-order valence-corrected chi connectivity index (χ1v) is 11.0. The van der Waals surface area contributed by atoms with Crippen molar-refractivity contribution in [3.8, 4) is 5.75 Å². The standard InChI is InChI=1S/C22H23BrN6O3/c1-22(31)12(9-32-13-3-2-11-6-15(23)20(25)28-16(11)8-13)7-17(18(22)30)29-5-4-14-19(24)26-10-27-21(14)29/h2-6,8,10,12,17-18,30-31H,7,9H2,1H3,(H2,25,28)(H2,24,26,27)/t12-,17-,18+,22-/m1/s1. The molecule has 1 aliphatic carbocycles. The SMILES string of the molecule is C[C@@]1(O)[C@@H](COc2ccc3cc(Br)c(N)nc3c2)C[C@@H](n2ccc3c(N)ncnc32)[C@@H]1O. The topological polar surface area (TPSA) is 145 Å². The van der Waals surface area contributed by atoms with Crippen molar-refractivity contribution in [1.29, 1.82) is 0 Å². The number of halogens is 1. The number of rotatable bonds is 4. The van der Waals surface area contributed by atoms with Gasteiger partial charge in [-0.3, -0.25) is 0 Å². The molecular weight excluding hydrogens is 476 g/mol. The summed E-state index contributed by atoms with van der Waals surface area (Å²) < 4.78 is 8.60. The maximum Gasteiger partial charge on any atom is 0.145 e. The second-order valence-electron chi connectivity index (χ2n) is 8.41. The molecule has 5 rings (SSSR count). The van der Waals surface area contributed by atoms with Crippen LogP contribution in [0.2, 0.25) is 0 Å². The first-order chi connectivity index (χ1) is 15.3. The highest BCUT2D eigenvalue weighted by molar-refractivity contribution is 9.10. The summed E-state index contributed by atoms with van der Waals surface area (Å²) in [6, 6.07) is 8.92. The molecule has 0 aliphatic heterocycles. The number of nitrogens with zero attached hydrogens (tertiary/aromatic N) is 4. The zero-order valence-corrected chi connectivity index (χ0v) is 18.9. The van der Waals surface area contributed by atoms with Gasteiger partial charge in [-0.05, 0) is 53.5 Å². The van der Waals surface area contributed by atoms with E-state index in [-0.39, 0.29) is 18.6 Å². The largest absolute Gasteiger partial charge is 0.493 e. The summed E-state index contributed by atoms with van der Waals surface area (Å²) in [4.78, 5) is 12.7. The summed E-state index contributed by atoms with van der Waals surface area (Å²) in [6.45, 7) is 1.87. The minimum Gasteiger partial charge on any atom is -0.493 e. The van der Waals surface area contributed by atoms with Crippen LogP contribution in [0.3, 0.4) is 0 Å². The number of ether oxygens (including phenoxy) is 1. The molecule has 1 aromatic carbocycles. The van der Waals surface area contributed by atoms with Crippen LogP contribution in [0, 0.1) is 5.92 Å². The molecule has 0 saturated heterocycles. The summed E-state index contributed by atoms with van der Waals surface area (Å²) in [5.41, 5.74) is 11.8. The maximum atomic E-state index is 11.1. The van der Waals surface area contributed by atoms with Crippen LogP contribution < -0.4 is 16.2 Å². The molecule has 166 valence electrons. The summed E-state index contributed by atoms with van der Waals surface area (Å²) in [6.07, 6.45) is 2.72. The van der Waals surface area contributed by atoms with E-state index in [0.717, 1.165) is 15.4 Å². The summed E-state index contributed by atoms with van der Waals surface area (Å²) in [7, 11) is 0. The number of fused-ring (bicyclic) bond motifs is 2. The molecular formula is C22H23BrN6O3. The van der Waals surface area contributed by atoms with E-state index in [0.29, 0.717) is 34.8 Å². The Balaban J connectivity index is 1.38. The van der Waals surface area contributed by atoms with E-state index in [1.54, 1.807) is 6.92 Å². The quantitative estimate of drug-likeness (QED) is 0.335. The Labute approximate surface area is 192 Å². The van der Waals surface area contributed by atoms with E-state index < -0.39 is 11.7 Å². The molecule has 0 unspecified atom stereocenters. The molecule has 1 saturated carbocycles. The lowest BCUT2D eigenvalue weighted by molar-refractivity contribution is -0.0821. The van der Waals surface area contributed by atoms with Gasteiger partial charge in [-0.1, -0.05) is 0 Å². The van der Waals surface area contributed by atoms with Crippen molar-refractivity contribution in [1.82, 2.24) is 19.5 Å². The Morgan fingerprint density at radius 1 is 1.22 bits per heavy atom. The van der Waals surface area contributed by atoms with Crippen LogP contribution in [0.1, 0.15) is 19.4 Å². The molecule has 6 N–H and O–H groups in total. The Kier molecular flexibility index (Phi) is 4.95. The number of hydrogen-bond acceptors (Lipinski definition) is 8. The highest BCUT2D eigenvalue weighted by Gasteiger charge is 2.51. The summed E-state index contributed by atoms with van der Waals surface area (Å²) in [5.74, 6) is 1.10. The number of anilines is 2. The molecule has 0 bridgehead atoms. The molecule has 32 heavy (non-hydrogen) atoms. The number of pyridine rings is 1. The minimum atomic E-state index is -1.34. The van der Waals surface area contributed by atoms with Crippen LogP contribution >= 0.6 is 15.9 Å². The first kappa shape index (κ1) is 20.9. The number of aliphatic hydroxyl groups excluding tert-OH is 1. The molecule has 10 heteroatoms. The van der Waals surface area contributed by atoms with Crippen molar-refractivity contribution in [2.75, 3.05) is 18.1 Å². The predicted molar refractivity (Wildman–Crippen MR) is 125 cm³/mol. The van der Waals surface area contributed by atoms with Crippen molar-refractivity contribution in [2.45, 2.75) is 31.1 Å². The van der Waals surface area contributed by atoms with Gasteiger partial charge in [0.15, 0.2) is 0 Å². The highest BCUT2D eigenvalue weighted by Crippen LogP contribution is 2.44. The second kappa shape index (κ2) is 7.58. The maximum absolute atomic E-state index is 11.1. The van der Waals surface area contributed by atoms with Gasteiger partial charge in [-0.25, -0.2) is 15.0 Å². The van der Waals surface area contributed by atoms with Crippen molar-refractivity contribution >= 4 is 49.5 Å². The van der Waals surface area contributed by atoms with Crippen LogP contribution in [-0.4, -0.2) is 48.0 Å². The van der Waals surface area contributed by atoms with Crippen molar-refractivity contribution < 1.29 is 14.9 Å². The van der Waals surface area contributed by atoms with Crippen LogP contribution in [0.4, 0.5) is 11.6 Å². The molecule has 0 radical (unpaired) electrons. The Hall–Kier alpha value is -2.95. The lowest BCUT2D eigenvalue weighted by Gasteiger charge is -2.29. The van der Waals surface area contributed by atoms with Crippen LogP contribution in [-0.2, 0) is 0 Å². The smallest absolute Gasteiger partial charge is 0.145 e. The number of nitrogens with two attached hydrogens (primary N) is 2. The molecule has 1 aliphatic rings. The fourth-order valence-corrected chi connectivity index (χ4v) is 4.81. The number of aromatic nitrogens is 4. The third-order valence-electron chi connectivity index (χ3n) is 6.43. The Morgan fingerprint density at radius 2 is 2.03 bits per heavy atom. The molecule has 3 heterocycles. The fraction of sp³-hybridized carbons (Fsp3) is 0.318. The van der Waals surface area contributed by atoms with E-state index in [9.17, 15) is 10.2 Å². The first-order valence-electron chi connectivity index (χ1n) is 10.2. The lowest BCUT2D eigenvalue weighted by Crippen LogP contribution is -2.43. The van der Waals surface area contributed by atoms with Crippen molar-refractivity contribution in [3.05, 3.63) is 47.3 Å². The number of benzene rings is 1. The van der Waals surface area contributed by atoms with E-state index >= 15 is 0 Å². The third kappa shape index (κ3) is 3.35. The van der Waals surface area contributed by atoms with E-state index in [1.165, 1.54) is 6.33 Å². The van der Waals surface area contributed by atoms with Crippen LogP contribution in [0.15, 0.2) is 47.3 Å². The Bertz CT molecular complexity index is 1320. The molecule has 9 nitrogen and oxygen atoms in total. The number of hydrogen-bond donors (Lipinski definition) is 4. The normalized spacial score (nSPS) is 25.6. The Morgan fingerprint density at radius 3 is 2.84 bits per heavy atom. The van der Waals surface area contributed by atoms with E-state index in [4.69, 9.17) is 16.2 Å². The van der Waals surface area contributed by atoms with Crippen LogP contribution in [0.5, 0.6) is 5.75 Å². The van der Waals surface area contributed by atoms with Gasteiger partial charge in [0.25, 0.3) is 0 Å². The van der Waals surface area contributed by atoms with Crippen LogP contribution in [0.25, 0.3) is 21.9 Å². The summed E-state index contributed by atoms with van der Waals surface area (Å²) in [5, 5.41) is 23.7. The molecule has 3 aromatic heterocycles. The molecule has 1 fully saturated rings. The average molecular weight is 499 g/mol. The zero-order valence-electron chi connectivity index (χ0n) is 17.3. The van der Waals surface area contributed by atoms with Gasteiger partial charge in [0.05, 0.1) is 33.6 Å². The van der Waals surface area contributed by atoms with Gasteiger partial charge >= 0.3 is 0 Å². The predicted octanol–water partition coefficient (Wildman–Crippen LogP) is 2.66. The highest BCUT2D eigenvalue weighted by atomic mass is 79.9. The monoisotopic (exact) mass is 498 g/mol. The van der Waals surface area contributed by atoms with Gasteiger partial charge in [0, 0.05) is 23.6 Å². The van der Waals surface area contributed by atoms with Gasteiger partial charge in [-0.2, -0.15) is 0 Å². The van der Waals surface area contributed by atoms with Gasteiger partial charge < -0.3 is 31.0 Å². The number of nitrogen functional groups attached to an aromatic ring is 2. The minimum absolute atomic E-state index is 0.231. The molecule has 0 spiro atoms. The fourth-order valence-electron chi connectivity index (χ4n) is 4.47. The van der Waals surface area contributed by atoms with Gasteiger partial charge in [-0.15, -0.1) is 0 Å². The van der Waals surface area contributed by atoms with E-state index in [1.807, 2.05) is 41.1 Å². The summed E-state index contributed by atoms with van der Waals surface area (Å²) >= 11 is 3.38. The van der Waals surface area contributed by atoms with Crippen molar-refractivity contribution in [3.63, 3.8) is 0 Å². The second-order valence-corrected chi connectivity index (χ2v) is 9.27. The molecule has 4 atom stereocenters. The van der Waals surface area contributed by atoms with E-state index in [2.05, 4.69) is 30.9 Å². The third-order valence-corrected chi connectivity index (χ3v) is 7.07. The lowest BCUT2D eigenvalue weighted by atomic mass is 9.92. The molecule has 4 aromatic rings. The van der Waals surface area contributed by atoms with Gasteiger partial charge in [0.1, 0.15) is 35.5 Å².